The normalized spacial score (nSPS) is 29.8. The van der Waals surface area contributed by atoms with E-state index in [1.165, 1.54) is 0 Å². The van der Waals surface area contributed by atoms with E-state index >= 15 is 0 Å². The summed E-state index contributed by atoms with van der Waals surface area (Å²) in [7, 11) is 0. The van der Waals surface area contributed by atoms with Gasteiger partial charge in [-0.1, -0.05) is 0 Å². The molecular weight excluding hydrogens is 161 g/mol. The van der Waals surface area contributed by atoms with Crippen LogP contribution in [0.1, 0.15) is 13.3 Å². The number of hydrogen-bond acceptors (Lipinski definition) is 3. The summed E-state index contributed by atoms with van der Waals surface area (Å²) in [6, 6.07) is 0. The van der Waals surface area contributed by atoms with E-state index in [2.05, 4.69) is 5.32 Å². The fourth-order valence-corrected chi connectivity index (χ4v) is 1.34. The van der Waals surface area contributed by atoms with Gasteiger partial charge in [0.15, 0.2) is 0 Å². The molecule has 1 rings (SSSR count). The van der Waals surface area contributed by atoms with E-state index in [0.29, 0.717) is 19.6 Å². The Bertz CT molecular complexity index is 163. The van der Waals surface area contributed by atoms with Gasteiger partial charge >= 0.3 is 5.97 Å². The van der Waals surface area contributed by atoms with Crippen LogP contribution in [-0.4, -0.2) is 31.8 Å². The number of ether oxygens (including phenoxy) is 1. The molecule has 0 aromatic carbocycles. The Morgan fingerprint density at radius 3 is 3.08 bits per heavy atom. The second kappa shape index (κ2) is 4.40. The molecule has 1 N–H and O–H groups in total. The van der Waals surface area contributed by atoms with Crippen LogP contribution in [0.3, 0.4) is 0 Å². The average Bonchev–Trinajstić information content (AvgIpc) is 2.05. The Balaban J connectivity index is 2.42. The zero-order valence-electron chi connectivity index (χ0n) is 7.18. The van der Waals surface area contributed by atoms with Crippen molar-refractivity contribution in [1.29, 1.82) is 0 Å². The fraction of sp³-hybridized carbons (Fsp3) is 0.875. The van der Waals surface area contributed by atoms with Gasteiger partial charge in [0.2, 0.25) is 0 Å². The van der Waals surface area contributed by atoms with Crippen molar-refractivity contribution in [3.8, 4) is 0 Å². The Morgan fingerprint density at radius 1 is 1.75 bits per heavy atom. The van der Waals surface area contributed by atoms with E-state index in [-0.39, 0.29) is 6.54 Å². The molecule has 1 fully saturated rings. The highest BCUT2D eigenvalue weighted by molar-refractivity contribution is 5.73. The summed E-state index contributed by atoms with van der Waals surface area (Å²) in [5.74, 6) is -0.947. The zero-order chi connectivity index (χ0) is 8.97. The molecule has 0 aliphatic carbocycles. The Hall–Kier alpha value is -0.640. The molecule has 4 heteroatoms. The third kappa shape index (κ3) is 2.17. The fourth-order valence-electron chi connectivity index (χ4n) is 1.34. The number of carbonyl (C=O) groups excluding carboxylic acids is 1. The smallest absolute Gasteiger partial charge is 0.311 e. The van der Waals surface area contributed by atoms with Crippen LogP contribution < -0.4 is 5.32 Å². The Kier molecular flexibility index (Phi) is 3.47. The van der Waals surface area contributed by atoms with E-state index in [1.54, 1.807) is 6.92 Å². The second-order valence-electron chi connectivity index (χ2n) is 2.87. The van der Waals surface area contributed by atoms with E-state index in [4.69, 9.17) is 4.74 Å². The number of carbonyl (C=O) groups is 1. The van der Waals surface area contributed by atoms with E-state index in [1.807, 2.05) is 0 Å². The van der Waals surface area contributed by atoms with Crippen molar-refractivity contribution >= 4 is 5.97 Å². The number of piperidine rings is 1. The van der Waals surface area contributed by atoms with Gasteiger partial charge in [0.25, 0.3) is 0 Å². The highest BCUT2D eigenvalue weighted by Crippen LogP contribution is 2.17. The summed E-state index contributed by atoms with van der Waals surface area (Å²) in [6.07, 6.45) is -0.544. The monoisotopic (exact) mass is 175 g/mol. The van der Waals surface area contributed by atoms with Crippen LogP contribution in [0.2, 0.25) is 0 Å². The molecule has 0 radical (unpaired) electrons. The lowest BCUT2D eigenvalue weighted by molar-refractivity contribution is -0.151. The van der Waals surface area contributed by atoms with E-state index < -0.39 is 18.1 Å². The molecule has 70 valence electrons. The van der Waals surface area contributed by atoms with Gasteiger partial charge in [-0.2, -0.15) is 0 Å². The molecule has 0 saturated carbocycles. The van der Waals surface area contributed by atoms with Crippen molar-refractivity contribution in [2.45, 2.75) is 19.5 Å². The summed E-state index contributed by atoms with van der Waals surface area (Å²) >= 11 is 0. The van der Waals surface area contributed by atoms with Crippen molar-refractivity contribution < 1.29 is 13.9 Å². The third-order valence-electron chi connectivity index (χ3n) is 2.00. The lowest BCUT2D eigenvalue weighted by Crippen LogP contribution is -2.42. The quantitative estimate of drug-likeness (QED) is 0.621. The van der Waals surface area contributed by atoms with Gasteiger partial charge < -0.3 is 10.1 Å². The molecule has 0 bridgehead atoms. The minimum absolute atomic E-state index is 0.267. The predicted octanol–water partition coefficient (Wildman–Crippen LogP) is 0.497. The molecular formula is C8H14FNO2. The molecule has 0 spiro atoms. The number of nitrogens with one attached hydrogen (secondary N) is 1. The van der Waals surface area contributed by atoms with Crippen LogP contribution in [0.4, 0.5) is 4.39 Å². The minimum atomic E-state index is -1.09. The van der Waals surface area contributed by atoms with Crippen LogP contribution in [0.25, 0.3) is 0 Å². The molecule has 1 aliphatic heterocycles. The second-order valence-corrected chi connectivity index (χ2v) is 2.87. The molecule has 3 nitrogen and oxygen atoms in total. The number of alkyl halides is 1. The largest absolute Gasteiger partial charge is 0.466 e. The molecule has 0 amide bonds. The maximum atomic E-state index is 13.1. The summed E-state index contributed by atoms with van der Waals surface area (Å²) in [6.45, 7) is 3.02. The molecule has 1 heterocycles. The lowest BCUT2D eigenvalue weighted by Gasteiger charge is -2.24. The average molecular weight is 175 g/mol. The van der Waals surface area contributed by atoms with E-state index in [0.717, 1.165) is 0 Å². The van der Waals surface area contributed by atoms with Gasteiger partial charge in [-0.15, -0.1) is 0 Å². The summed E-state index contributed by atoms with van der Waals surface area (Å²) in [4.78, 5) is 11.1. The summed E-state index contributed by atoms with van der Waals surface area (Å²) in [5.41, 5.74) is 0. The van der Waals surface area contributed by atoms with Crippen molar-refractivity contribution in [2.75, 3.05) is 19.7 Å². The summed E-state index contributed by atoms with van der Waals surface area (Å²) < 4.78 is 17.8. The van der Waals surface area contributed by atoms with Crippen LogP contribution >= 0.6 is 0 Å². The zero-order valence-corrected chi connectivity index (χ0v) is 7.18. The maximum absolute atomic E-state index is 13.1. The van der Waals surface area contributed by atoms with Gasteiger partial charge in [-0.25, -0.2) is 4.39 Å². The molecule has 1 saturated heterocycles. The van der Waals surface area contributed by atoms with Gasteiger partial charge in [-0.05, 0) is 19.9 Å². The Morgan fingerprint density at radius 2 is 2.50 bits per heavy atom. The van der Waals surface area contributed by atoms with Gasteiger partial charge in [-0.3, -0.25) is 4.79 Å². The standard InChI is InChI=1S/C8H14FNO2/c1-2-12-8(11)6-3-4-10-5-7(6)9/h6-7,10H,2-5H2,1H3. The summed E-state index contributed by atoms with van der Waals surface area (Å²) in [5, 5.41) is 2.88. The van der Waals surface area contributed by atoms with Crippen molar-refractivity contribution in [1.82, 2.24) is 5.32 Å². The first-order valence-electron chi connectivity index (χ1n) is 4.27. The number of halogens is 1. The van der Waals surface area contributed by atoms with Gasteiger partial charge in [0.1, 0.15) is 6.17 Å². The SMILES string of the molecule is CCOC(=O)C1CCNCC1F. The predicted molar refractivity (Wildman–Crippen MR) is 42.5 cm³/mol. The van der Waals surface area contributed by atoms with Crippen LogP contribution in [0.5, 0.6) is 0 Å². The first-order valence-corrected chi connectivity index (χ1v) is 4.27. The Labute approximate surface area is 71.3 Å². The van der Waals surface area contributed by atoms with Crippen LogP contribution in [0.15, 0.2) is 0 Å². The highest BCUT2D eigenvalue weighted by Gasteiger charge is 2.31. The van der Waals surface area contributed by atoms with Crippen LogP contribution in [0, 0.1) is 5.92 Å². The van der Waals surface area contributed by atoms with Crippen molar-refractivity contribution in [3.05, 3.63) is 0 Å². The molecule has 0 aromatic rings. The molecule has 0 aromatic heterocycles. The van der Waals surface area contributed by atoms with Crippen molar-refractivity contribution in [3.63, 3.8) is 0 Å². The topological polar surface area (TPSA) is 38.3 Å². The van der Waals surface area contributed by atoms with Crippen molar-refractivity contribution in [2.24, 2.45) is 5.92 Å². The highest BCUT2D eigenvalue weighted by atomic mass is 19.1. The molecule has 12 heavy (non-hydrogen) atoms. The first-order chi connectivity index (χ1) is 5.75. The molecule has 2 atom stereocenters. The lowest BCUT2D eigenvalue weighted by atomic mass is 9.96. The van der Waals surface area contributed by atoms with Gasteiger partial charge in [0, 0.05) is 6.54 Å². The van der Waals surface area contributed by atoms with Gasteiger partial charge in [0.05, 0.1) is 12.5 Å². The number of hydrogen-bond donors (Lipinski definition) is 1. The maximum Gasteiger partial charge on any atom is 0.311 e. The number of esters is 1. The van der Waals surface area contributed by atoms with E-state index in [9.17, 15) is 9.18 Å². The van der Waals surface area contributed by atoms with Crippen LogP contribution in [-0.2, 0) is 9.53 Å². The third-order valence-corrected chi connectivity index (χ3v) is 2.00. The number of rotatable bonds is 2. The molecule has 1 aliphatic rings. The molecule has 2 unspecified atom stereocenters. The first kappa shape index (κ1) is 9.45. The minimum Gasteiger partial charge on any atom is -0.466 e.